The summed E-state index contributed by atoms with van der Waals surface area (Å²) in [6, 6.07) is 13.6. The van der Waals surface area contributed by atoms with E-state index in [1.165, 1.54) is 5.56 Å². The van der Waals surface area contributed by atoms with Gasteiger partial charge in [-0.2, -0.15) is 0 Å². The van der Waals surface area contributed by atoms with Crippen LogP contribution in [0, 0.1) is 0 Å². The summed E-state index contributed by atoms with van der Waals surface area (Å²) in [5.74, 6) is 0.0738. The molecule has 0 atom stereocenters. The number of hydrogen-bond donors (Lipinski definition) is 1. The molecule has 0 saturated carbocycles. The number of aryl methyl sites for hydroxylation is 1. The molecule has 0 bridgehead atoms. The third-order valence-electron chi connectivity index (χ3n) is 4.38. The predicted octanol–water partition coefficient (Wildman–Crippen LogP) is 2.77. The zero-order chi connectivity index (χ0) is 15.1. The maximum absolute atomic E-state index is 12.8. The van der Waals surface area contributed by atoms with E-state index < -0.39 is 0 Å². The molecule has 0 radical (unpaired) electrons. The van der Waals surface area contributed by atoms with Gasteiger partial charge in [0, 0.05) is 29.9 Å². The first-order valence-corrected chi connectivity index (χ1v) is 7.55. The number of fused-ring (bicyclic) bond motifs is 2. The first kappa shape index (κ1) is 13.1. The Morgan fingerprint density at radius 1 is 1.00 bits per heavy atom. The van der Waals surface area contributed by atoms with Crippen molar-refractivity contribution in [2.24, 2.45) is 0 Å². The fourth-order valence-electron chi connectivity index (χ4n) is 3.22. The molecule has 2 aromatic carbocycles. The van der Waals surface area contributed by atoms with Crippen LogP contribution in [0.3, 0.4) is 0 Å². The molecule has 110 valence electrons. The Balaban J connectivity index is 1.66. The van der Waals surface area contributed by atoms with Crippen LogP contribution in [-0.4, -0.2) is 18.4 Å². The van der Waals surface area contributed by atoms with E-state index in [4.69, 9.17) is 0 Å². The minimum atomic E-state index is 0.0321. The van der Waals surface area contributed by atoms with Crippen LogP contribution in [0.2, 0.25) is 0 Å². The van der Waals surface area contributed by atoms with Gasteiger partial charge in [0.1, 0.15) is 0 Å². The normalized spacial score (nSPS) is 16.0. The van der Waals surface area contributed by atoms with Crippen LogP contribution in [0.5, 0.6) is 0 Å². The van der Waals surface area contributed by atoms with Gasteiger partial charge < -0.3 is 10.2 Å². The fourth-order valence-corrected chi connectivity index (χ4v) is 3.22. The molecule has 2 aliphatic heterocycles. The molecule has 1 N–H and O–H groups in total. The molecule has 4 nitrogen and oxygen atoms in total. The minimum absolute atomic E-state index is 0.0321. The van der Waals surface area contributed by atoms with E-state index in [2.05, 4.69) is 11.4 Å². The summed E-state index contributed by atoms with van der Waals surface area (Å²) in [5.41, 5.74) is 4.79. The van der Waals surface area contributed by atoms with Gasteiger partial charge in [-0.15, -0.1) is 0 Å². The van der Waals surface area contributed by atoms with Crippen molar-refractivity contribution in [2.45, 2.75) is 19.3 Å². The first-order valence-electron chi connectivity index (χ1n) is 7.55. The minimum Gasteiger partial charge on any atom is -0.326 e. The zero-order valence-electron chi connectivity index (χ0n) is 12.1. The largest absolute Gasteiger partial charge is 0.326 e. The number of carbonyl (C=O) groups excluding carboxylic acids is 2. The number of rotatable bonds is 1. The second-order valence-electron chi connectivity index (χ2n) is 5.76. The van der Waals surface area contributed by atoms with Crippen molar-refractivity contribution in [2.75, 3.05) is 16.8 Å². The van der Waals surface area contributed by atoms with Crippen molar-refractivity contribution in [1.29, 1.82) is 0 Å². The highest BCUT2D eigenvalue weighted by Gasteiger charge is 2.26. The molecule has 2 amide bonds. The van der Waals surface area contributed by atoms with Crippen LogP contribution in [0.4, 0.5) is 11.4 Å². The summed E-state index contributed by atoms with van der Waals surface area (Å²) in [6.07, 6.45) is 2.08. The summed E-state index contributed by atoms with van der Waals surface area (Å²) >= 11 is 0. The molecule has 2 heterocycles. The van der Waals surface area contributed by atoms with Gasteiger partial charge in [0.05, 0.1) is 0 Å². The Labute approximate surface area is 128 Å². The summed E-state index contributed by atoms with van der Waals surface area (Å²) in [7, 11) is 0. The first-order chi connectivity index (χ1) is 10.7. The average molecular weight is 292 g/mol. The molecule has 0 fully saturated rings. The summed E-state index contributed by atoms with van der Waals surface area (Å²) in [6.45, 7) is 0.728. The molecule has 22 heavy (non-hydrogen) atoms. The number of benzene rings is 2. The van der Waals surface area contributed by atoms with E-state index in [0.717, 1.165) is 29.9 Å². The van der Waals surface area contributed by atoms with Gasteiger partial charge >= 0.3 is 0 Å². The Morgan fingerprint density at radius 2 is 1.86 bits per heavy atom. The van der Waals surface area contributed by atoms with E-state index in [-0.39, 0.29) is 11.8 Å². The number of anilines is 2. The van der Waals surface area contributed by atoms with E-state index in [1.54, 1.807) is 6.07 Å². The molecular weight excluding hydrogens is 276 g/mol. The molecular formula is C18H16N2O2. The van der Waals surface area contributed by atoms with Crippen LogP contribution in [-0.2, 0) is 17.6 Å². The maximum atomic E-state index is 12.8. The van der Waals surface area contributed by atoms with Crippen molar-refractivity contribution >= 4 is 23.2 Å². The molecule has 0 spiro atoms. The number of para-hydroxylation sites is 1. The molecule has 0 saturated heterocycles. The quantitative estimate of drug-likeness (QED) is 0.878. The highest BCUT2D eigenvalue weighted by atomic mass is 16.2. The molecule has 0 unspecified atom stereocenters. The van der Waals surface area contributed by atoms with Crippen molar-refractivity contribution in [1.82, 2.24) is 0 Å². The number of hydrogen-bond acceptors (Lipinski definition) is 2. The summed E-state index contributed by atoms with van der Waals surface area (Å²) < 4.78 is 0. The van der Waals surface area contributed by atoms with E-state index >= 15 is 0 Å². The van der Waals surface area contributed by atoms with Gasteiger partial charge in [-0.25, -0.2) is 0 Å². The smallest absolute Gasteiger partial charge is 0.258 e. The lowest BCUT2D eigenvalue weighted by molar-refractivity contribution is -0.116. The molecule has 0 aliphatic carbocycles. The second kappa shape index (κ2) is 4.98. The Hall–Kier alpha value is -2.62. The molecule has 0 aromatic heterocycles. The monoisotopic (exact) mass is 292 g/mol. The maximum Gasteiger partial charge on any atom is 0.258 e. The second-order valence-corrected chi connectivity index (χ2v) is 5.76. The summed E-state index contributed by atoms with van der Waals surface area (Å²) in [5, 5.41) is 2.85. The van der Waals surface area contributed by atoms with Crippen LogP contribution in [0.15, 0.2) is 42.5 Å². The number of carbonyl (C=O) groups is 2. The number of amides is 2. The van der Waals surface area contributed by atoms with Crippen LogP contribution < -0.4 is 10.2 Å². The highest BCUT2D eigenvalue weighted by molar-refractivity contribution is 6.08. The Morgan fingerprint density at radius 3 is 2.77 bits per heavy atom. The van der Waals surface area contributed by atoms with E-state index in [1.807, 2.05) is 35.2 Å². The Kier molecular flexibility index (Phi) is 2.96. The van der Waals surface area contributed by atoms with Gasteiger partial charge in [0.2, 0.25) is 5.91 Å². The molecule has 2 aromatic rings. The van der Waals surface area contributed by atoms with Gasteiger partial charge in [-0.3, -0.25) is 9.59 Å². The van der Waals surface area contributed by atoms with Gasteiger partial charge in [-0.1, -0.05) is 18.2 Å². The van der Waals surface area contributed by atoms with E-state index in [0.29, 0.717) is 18.4 Å². The third kappa shape index (κ3) is 2.08. The Bertz CT molecular complexity index is 782. The van der Waals surface area contributed by atoms with Crippen LogP contribution >= 0.6 is 0 Å². The number of nitrogens with one attached hydrogen (secondary N) is 1. The topological polar surface area (TPSA) is 49.4 Å². The van der Waals surface area contributed by atoms with Gasteiger partial charge in [0.25, 0.3) is 5.91 Å². The van der Waals surface area contributed by atoms with Crippen molar-refractivity contribution in [3.63, 3.8) is 0 Å². The van der Waals surface area contributed by atoms with Crippen molar-refractivity contribution in [3.8, 4) is 0 Å². The predicted molar refractivity (Wildman–Crippen MR) is 85.2 cm³/mol. The molecule has 4 heteroatoms. The highest BCUT2D eigenvalue weighted by Crippen LogP contribution is 2.30. The third-order valence-corrected chi connectivity index (χ3v) is 4.38. The van der Waals surface area contributed by atoms with Gasteiger partial charge in [0.15, 0.2) is 0 Å². The van der Waals surface area contributed by atoms with Gasteiger partial charge in [-0.05, 0) is 48.2 Å². The lowest BCUT2D eigenvalue weighted by Crippen LogP contribution is -2.29. The lowest BCUT2D eigenvalue weighted by Gasteiger charge is -2.20. The van der Waals surface area contributed by atoms with Crippen LogP contribution in [0.1, 0.15) is 27.9 Å². The average Bonchev–Trinajstić information content (AvgIpc) is 2.97. The van der Waals surface area contributed by atoms with Crippen molar-refractivity contribution < 1.29 is 9.59 Å². The van der Waals surface area contributed by atoms with Crippen molar-refractivity contribution in [3.05, 3.63) is 59.2 Å². The van der Waals surface area contributed by atoms with E-state index in [9.17, 15) is 9.59 Å². The molecule has 4 rings (SSSR count). The number of nitrogens with zero attached hydrogens (tertiary/aromatic N) is 1. The standard InChI is InChI=1S/C18H16N2O2/c21-17-8-6-13-11-14(5-7-15(13)19-17)18(22)20-10-9-12-3-1-2-4-16(12)20/h1-5,7,11H,6,8-10H2,(H,19,21). The SMILES string of the molecule is O=C1CCc2cc(C(=O)N3CCc4ccccc43)ccc2N1. The molecule has 2 aliphatic rings. The summed E-state index contributed by atoms with van der Waals surface area (Å²) in [4.78, 5) is 26.0. The fraction of sp³-hybridized carbons (Fsp3) is 0.222. The lowest BCUT2D eigenvalue weighted by atomic mass is 10.00. The zero-order valence-corrected chi connectivity index (χ0v) is 12.1. The van der Waals surface area contributed by atoms with Crippen LogP contribution in [0.25, 0.3) is 0 Å².